The zero-order chi connectivity index (χ0) is 49.4. The summed E-state index contributed by atoms with van der Waals surface area (Å²) in [6.45, 7) is 3.66. The van der Waals surface area contributed by atoms with Gasteiger partial charge >= 0.3 is 0 Å². The van der Waals surface area contributed by atoms with E-state index < -0.39 is 49.5 Å². The van der Waals surface area contributed by atoms with Crippen LogP contribution < -0.4 is 5.32 Å². The van der Waals surface area contributed by atoms with E-state index in [0.29, 0.717) is 6.42 Å². The Labute approximate surface area is 417 Å². The van der Waals surface area contributed by atoms with Crippen molar-refractivity contribution in [2.24, 2.45) is 0 Å². The number of ether oxygens (including phenoxy) is 2. The maximum Gasteiger partial charge on any atom is 0.220 e. The molecule has 0 spiro atoms. The molecule has 9 nitrogen and oxygen atoms in total. The molecule has 394 valence electrons. The summed E-state index contributed by atoms with van der Waals surface area (Å²) in [5, 5.41) is 54.4. The molecule has 7 unspecified atom stereocenters. The van der Waals surface area contributed by atoms with E-state index in [1.54, 1.807) is 6.08 Å². The fourth-order valence-electron chi connectivity index (χ4n) is 8.58. The molecule has 1 heterocycles. The van der Waals surface area contributed by atoms with Crippen LogP contribution in [0.2, 0.25) is 0 Å². The zero-order valence-electron chi connectivity index (χ0n) is 43.6. The van der Waals surface area contributed by atoms with E-state index in [1.165, 1.54) is 154 Å². The fraction of sp³-hybridized carbons (Fsp3) is 0.780. The first kappa shape index (κ1) is 63.6. The summed E-state index contributed by atoms with van der Waals surface area (Å²) < 4.78 is 11.2. The van der Waals surface area contributed by atoms with Gasteiger partial charge in [-0.15, -0.1) is 0 Å². The zero-order valence-corrected chi connectivity index (χ0v) is 43.6. The summed E-state index contributed by atoms with van der Waals surface area (Å²) in [5.74, 6) is -0.188. The van der Waals surface area contributed by atoms with E-state index in [1.807, 2.05) is 6.08 Å². The van der Waals surface area contributed by atoms with Gasteiger partial charge in [-0.05, 0) is 70.6 Å². The number of unbranched alkanes of at least 4 members (excludes halogenated alkanes) is 27. The Hall–Kier alpha value is -2.37. The number of carbonyl (C=O) groups is 1. The average molecular weight is 956 g/mol. The van der Waals surface area contributed by atoms with E-state index in [9.17, 15) is 30.3 Å². The van der Waals surface area contributed by atoms with Crippen LogP contribution in [-0.2, 0) is 14.3 Å². The first-order chi connectivity index (χ1) is 33.3. The number of rotatable bonds is 47. The van der Waals surface area contributed by atoms with Crippen LogP contribution in [0.1, 0.15) is 239 Å². The smallest absolute Gasteiger partial charge is 0.220 e. The van der Waals surface area contributed by atoms with Crippen molar-refractivity contribution in [3.05, 3.63) is 72.9 Å². The van der Waals surface area contributed by atoms with Crippen LogP contribution in [0, 0.1) is 0 Å². The van der Waals surface area contributed by atoms with Gasteiger partial charge in [0.25, 0.3) is 0 Å². The molecule has 1 amide bonds. The van der Waals surface area contributed by atoms with E-state index in [-0.39, 0.29) is 12.5 Å². The van der Waals surface area contributed by atoms with Gasteiger partial charge in [-0.2, -0.15) is 0 Å². The van der Waals surface area contributed by atoms with Crippen LogP contribution in [0.25, 0.3) is 0 Å². The highest BCUT2D eigenvalue weighted by molar-refractivity contribution is 5.76. The molecule has 0 aliphatic carbocycles. The third-order valence-electron chi connectivity index (χ3n) is 13.0. The Morgan fingerprint density at radius 2 is 0.926 bits per heavy atom. The summed E-state index contributed by atoms with van der Waals surface area (Å²) in [5.41, 5.74) is 0. The maximum absolute atomic E-state index is 13.0. The Morgan fingerprint density at radius 3 is 1.41 bits per heavy atom. The standard InChI is InChI=1S/C59H105NO8/c1-3-5-7-9-11-13-15-17-19-21-23-24-25-26-27-28-29-30-31-33-35-37-39-41-43-45-47-49-55(63)60-52(51-67-59-58(66)57(65)56(64)54(50-61)68-59)53(62)48-46-44-42-40-38-36-34-32-22-20-18-16-14-12-10-8-6-4-2/h5,7,11,13,17,19,23-24,38,40,46,48,52-54,56-59,61-62,64-66H,3-4,6,8-10,12,14-16,18,20-22,25-37,39,41-45,47,49-51H2,1-2H3,(H,60,63)/b7-5-,13-11-,19-17-,24-23-,40-38+,48-46+. The summed E-state index contributed by atoms with van der Waals surface area (Å²) in [4.78, 5) is 13.0. The predicted octanol–water partition coefficient (Wildman–Crippen LogP) is 13.7. The molecular weight excluding hydrogens is 851 g/mol. The van der Waals surface area contributed by atoms with Crippen LogP contribution in [0.3, 0.4) is 0 Å². The molecular formula is C59H105NO8. The van der Waals surface area contributed by atoms with Crippen molar-refractivity contribution in [1.29, 1.82) is 0 Å². The number of amides is 1. The molecule has 0 aromatic rings. The summed E-state index contributed by atoms with van der Waals surface area (Å²) in [6.07, 6.45) is 59.6. The molecule has 1 rings (SSSR count). The van der Waals surface area contributed by atoms with Gasteiger partial charge in [0.1, 0.15) is 24.4 Å². The molecule has 1 aliphatic rings. The van der Waals surface area contributed by atoms with Crippen LogP contribution in [0.15, 0.2) is 72.9 Å². The highest BCUT2D eigenvalue weighted by atomic mass is 16.7. The topological polar surface area (TPSA) is 149 Å². The van der Waals surface area contributed by atoms with Gasteiger partial charge in [-0.25, -0.2) is 0 Å². The lowest BCUT2D eigenvalue weighted by Gasteiger charge is -2.40. The fourth-order valence-corrected chi connectivity index (χ4v) is 8.58. The monoisotopic (exact) mass is 956 g/mol. The number of nitrogens with one attached hydrogen (secondary N) is 1. The summed E-state index contributed by atoms with van der Waals surface area (Å²) in [7, 11) is 0. The molecule has 0 aromatic heterocycles. The molecule has 0 saturated carbocycles. The molecule has 9 heteroatoms. The Kier molecular flexibility index (Phi) is 45.2. The largest absolute Gasteiger partial charge is 0.394 e. The molecule has 7 atom stereocenters. The number of aliphatic hydroxyl groups excluding tert-OH is 5. The van der Waals surface area contributed by atoms with E-state index >= 15 is 0 Å². The van der Waals surface area contributed by atoms with Crippen LogP contribution >= 0.6 is 0 Å². The SMILES string of the molecule is CC/C=C\C/C=C\C/C=C\C/C=C\CCCCCCCCCCCCCCCCC(=O)NC(COC1OC(CO)C(O)C(O)C1O)C(O)/C=C/CC/C=C/CCCCCCCCCCCCCC. The minimum absolute atomic E-state index is 0.188. The highest BCUT2D eigenvalue weighted by Gasteiger charge is 2.44. The van der Waals surface area contributed by atoms with Crippen molar-refractivity contribution in [2.45, 2.75) is 281 Å². The molecule has 1 saturated heterocycles. The molecule has 0 aromatic carbocycles. The second kappa shape index (κ2) is 48.3. The minimum Gasteiger partial charge on any atom is -0.394 e. The molecule has 0 radical (unpaired) electrons. The number of allylic oxidation sites excluding steroid dienone is 11. The van der Waals surface area contributed by atoms with Crippen molar-refractivity contribution in [3.8, 4) is 0 Å². The van der Waals surface area contributed by atoms with Crippen molar-refractivity contribution in [3.63, 3.8) is 0 Å². The second-order valence-corrected chi connectivity index (χ2v) is 19.3. The first-order valence-electron chi connectivity index (χ1n) is 28.2. The van der Waals surface area contributed by atoms with Gasteiger partial charge in [-0.3, -0.25) is 4.79 Å². The molecule has 1 aliphatic heterocycles. The van der Waals surface area contributed by atoms with Gasteiger partial charge in [0.05, 0.1) is 25.4 Å². The van der Waals surface area contributed by atoms with E-state index in [4.69, 9.17) is 9.47 Å². The predicted molar refractivity (Wildman–Crippen MR) is 285 cm³/mol. The highest BCUT2D eigenvalue weighted by Crippen LogP contribution is 2.23. The van der Waals surface area contributed by atoms with Gasteiger partial charge < -0.3 is 40.3 Å². The van der Waals surface area contributed by atoms with Crippen molar-refractivity contribution in [1.82, 2.24) is 5.32 Å². The quantitative estimate of drug-likeness (QED) is 0.0261. The Balaban J connectivity index is 2.24. The van der Waals surface area contributed by atoms with Gasteiger partial charge in [0, 0.05) is 6.42 Å². The molecule has 6 N–H and O–H groups in total. The van der Waals surface area contributed by atoms with E-state index in [2.05, 4.69) is 79.9 Å². The van der Waals surface area contributed by atoms with Crippen molar-refractivity contribution < 1.29 is 39.8 Å². The minimum atomic E-state index is -1.57. The normalized spacial score (nSPS) is 20.1. The van der Waals surface area contributed by atoms with E-state index in [0.717, 1.165) is 64.2 Å². The van der Waals surface area contributed by atoms with Crippen LogP contribution in [0.5, 0.6) is 0 Å². The Bertz CT molecular complexity index is 1290. The lowest BCUT2D eigenvalue weighted by atomic mass is 9.99. The van der Waals surface area contributed by atoms with Crippen LogP contribution in [-0.4, -0.2) is 87.5 Å². The van der Waals surface area contributed by atoms with Crippen LogP contribution in [0.4, 0.5) is 0 Å². The lowest BCUT2D eigenvalue weighted by Crippen LogP contribution is -2.60. The molecule has 68 heavy (non-hydrogen) atoms. The molecule has 0 bridgehead atoms. The number of hydrogen-bond acceptors (Lipinski definition) is 8. The third-order valence-corrected chi connectivity index (χ3v) is 13.0. The first-order valence-corrected chi connectivity index (χ1v) is 28.2. The molecule has 1 fully saturated rings. The third kappa shape index (κ3) is 37.5. The number of aliphatic hydroxyl groups is 5. The van der Waals surface area contributed by atoms with Crippen molar-refractivity contribution >= 4 is 5.91 Å². The average Bonchev–Trinajstić information content (AvgIpc) is 3.34. The number of carbonyl (C=O) groups excluding carboxylic acids is 1. The van der Waals surface area contributed by atoms with Gasteiger partial charge in [-0.1, -0.05) is 234 Å². The van der Waals surface area contributed by atoms with Crippen molar-refractivity contribution in [2.75, 3.05) is 13.2 Å². The second-order valence-electron chi connectivity index (χ2n) is 19.3. The maximum atomic E-state index is 13.0. The van der Waals surface area contributed by atoms with Gasteiger partial charge in [0.15, 0.2) is 6.29 Å². The number of hydrogen-bond donors (Lipinski definition) is 6. The lowest BCUT2D eigenvalue weighted by molar-refractivity contribution is -0.302. The summed E-state index contributed by atoms with van der Waals surface area (Å²) >= 11 is 0. The van der Waals surface area contributed by atoms with Gasteiger partial charge in [0.2, 0.25) is 5.91 Å². The Morgan fingerprint density at radius 1 is 0.515 bits per heavy atom. The summed E-state index contributed by atoms with van der Waals surface area (Å²) in [6, 6.07) is -0.825.